The number of amides is 3. The predicted octanol–water partition coefficient (Wildman–Crippen LogP) is 2.33. The van der Waals surface area contributed by atoms with Crippen molar-refractivity contribution in [1.29, 1.82) is 0 Å². The molecular weight excluding hydrogens is 308 g/mol. The highest BCUT2D eigenvalue weighted by Gasteiger charge is 2.37. The fraction of sp³-hybridized carbons (Fsp3) is 0.467. The molecule has 1 atom stereocenters. The maximum atomic E-state index is 12.2. The minimum Gasteiger partial charge on any atom is -0.486 e. The number of urea groups is 1. The molecule has 2 aliphatic rings. The van der Waals surface area contributed by atoms with Crippen LogP contribution in [0.3, 0.4) is 0 Å². The van der Waals surface area contributed by atoms with Crippen LogP contribution < -0.4 is 14.8 Å². The van der Waals surface area contributed by atoms with Gasteiger partial charge < -0.3 is 14.8 Å². The van der Waals surface area contributed by atoms with Crippen LogP contribution in [-0.4, -0.2) is 36.1 Å². The summed E-state index contributed by atoms with van der Waals surface area (Å²) in [6.07, 6.45) is 1.48. The predicted molar refractivity (Wildman–Crippen MR) is 80.2 cm³/mol. The van der Waals surface area contributed by atoms with E-state index in [-0.39, 0.29) is 18.5 Å². The average molecular weight is 325 g/mol. The van der Waals surface area contributed by atoms with Gasteiger partial charge in [0.1, 0.15) is 19.3 Å². The van der Waals surface area contributed by atoms with Crippen molar-refractivity contribution in [2.45, 2.75) is 32.4 Å². The maximum Gasteiger partial charge on any atom is 0.325 e. The molecule has 1 unspecified atom stereocenters. The summed E-state index contributed by atoms with van der Waals surface area (Å²) in [4.78, 5) is 25.4. The van der Waals surface area contributed by atoms with E-state index in [1.54, 1.807) is 12.1 Å². The lowest BCUT2D eigenvalue weighted by atomic mass is 10.1. The largest absolute Gasteiger partial charge is 0.486 e. The zero-order valence-electron chi connectivity index (χ0n) is 12.2. The number of ether oxygens (including phenoxy) is 2. The number of imide groups is 1. The molecule has 0 spiro atoms. The summed E-state index contributed by atoms with van der Waals surface area (Å²) in [5.41, 5.74) is 0.731. The van der Waals surface area contributed by atoms with Gasteiger partial charge in [0.2, 0.25) is 0 Å². The zero-order valence-corrected chi connectivity index (χ0v) is 13.0. The first kappa shape index (κ1) is 15.0. The number of nitrogens with zero attached hydrogens (tertiary/aromatic N) is 1. The van der Waals surface area contributed by atoms with Crippen LogP contribution in [0.4, 0.5) is 4.79 Å². The Labute approximate surface area is 133 Å². The average Bonchev–Trinajstić information content (AvgIpc) is 2.76. The van der Waals surface area contributed by atoms with Crippen molar-refractivity contribution in [2.75, 3.05) is 13.2 Å². The van der Waals surface area contributed by atoms with Crippen LogP contribution in [0.25, 0.3) is 0 Å². The third-order valence-corrected chi connectivity index (χ3v) is 3.96. The van der Waals surface area contributed by atoms with Crippen molar-refractivity contribution in [3.63, 3.8) is 0 Å². The van der Waals surface area contributed by atoms with Gasteiger partial charge in [-0.1, -0.05) is 24.9 Å². The Morgan fingerprint density at radius 3 is 2.86 bits per heavy atom. The number of carbonyl (C=O) groups is 2. The summed E-state index contributed by atoms with van der Waals surface area (Å²) in [6, 6.07) is 2.66. The SMILES string of the molecule is CCCC1NC(=O)N(Cc2cc(Cl)c3c(c2)OCCO3)C1=O. The second-order valence-electron chi connectivity index (χ2n) is 5.32. The highest BCUT2D eigenvalue weighted by Crippen LogP contribution is 2.38. The van der Waals surface area contributed by atoms with Gasteiger partial charge in [-0.05, 0) is 24.1 Å². The lowest BCUT2D eigenvalue weighted by Gasteiger charge is -2.21. The smallest absolute Gasteiger partial charge is 0.325 e. The van der Waals surface area contributed by atoms with Gasteiger partial charge in [0, 0.05) is 0 Å². The lowest BCUT2D eigenvalue weighted by molar-refractivity contribution is -0.128. The summed E-state index contributed by atoms with van der Waals surface area (Å²) in [6.45, 7) is 3.05. The molecule has 0 saturated carbocycles. The molecule has 7 heteroatoms. The number of rotatable bonds is 4. The Hall–Kier alpha value is -1.95. The van der Waals surface area contributed by atoms with Gasteiger partial charge in [-0.3, -0.25) is 9.69 Å². The van der Waals surface area contributed by atoms with E-state index in [9.17, 15) is 9.59 Å². The van der Waals surface area contributed by atoms with E-state index in [1.807, 2.05) is 6.92 Å². The molecule has 0 radical (unpaired) electrons. The van der Waals surface area contributed by atoms with E-state index < -0.39 is 6.04 Å². The monoisotopic (exact) mass is 324 g/mol. The molecule has 1 N–H and O–H groups in total. The normalized spacial score (nSPS) is 20.3. The number of hydrogen-bond acceptors (Lipinski definition) is 4. The number of benzene rings is 1. The molecule has 0 aromatic heterocycles. The molecule has 1 aromatic carbocycles. The van der Waals surface area contributed by atoms with Gasteiger partial charge in [0.05, 0.1) is 11.6 Å². The molecule has 1 saturated heterocycles. The molecule has 1 fully saturated rings. The van der Waals surface area contributed by atoms with E-state index in [0.29, 0.717) is 36.2 Å². The molecular formula is C15H17ClN2O4. The van der Waals surface area contributed by atoms with Crippen LogP contribution in [0.2, 0.25) is 5.02 Å². The Bertz CT molecular complexity index is 620. The number of halogens is 1. The summed E-state index contributed by atoms with van der Waals surface area (Å²) < 4.78 is 11.0. The molecule has 22 heavy (non-hydrogen) atoms. The van der Waals surface area contributed by atoms with Crippen LogP contribution in [0, 0.1) is 0 Å². The first-order chi connectivity index (χ1) is 10.6. The van der Waals surface area contributed by atoms with Gasteiger partial charge in [-0.15, -0.1) is 0 Å². The fourth-order valence-electron chi connectivity index (χ4n) is 2.65. The number of fused-ring (bicyclic) bond motifs is 1. The van der Waals surface area contributed by atoms with E-state index in [4.69, 9.17) is 21.1 Å². The summed E-state index contributed by atoms with van der Waals surface area (Å²) >= 11 is 6.17. The van der Waals surface area contributed by atoms with Gasteiger partial charge >= 0.3 is 6.03 Å². The standard InChI is InChI=1S/C15H17ClN2O4/c1-2-3-11-14(19)18(15(20)17-11)8-9-6-10(16)13-12(7-9)21-4-5-22-13/h6-7,11H,2-5,8H2,1H3,(H,17,20). The van der Waals surface area contributed by atoms with Crippen LogP contribution in [-0.2, 0) is 11.3 Å². The van der Waals surface area contributed by atoms with E-state index in [2.05, 4.69) is 5.32 Å². The molecule has 3 amide bonds. The van der Waals surface area contributed by atoms with Crippen LogP contribution in [0.5, 0.6) is 11.5 Å². The molecule has 1 aromatic rings. The van der Waals surface area contributed by atoms with E-state index in [0.717, 1.165) is 12.0 Å². The van der Waals surface area contributed by atoms with Gasteiger partial charge in [0.25, 0.3) is 5.91 Å². The highest BCUT2D eigenvalue weighted by atomic mass is 35.5. The minimum atomic E-state index is -0.426. The van der Waals surface area contributed by atoms with Crippen LogP contribution in [0.1, 0.15) is 25.3 Å². The topological polar surface area (TPSA) is 67.9 Å². The van der Waals surface area contributed by atoms with Crippen molar-refractivity contribution in [3.05, 3.63) is 22.7 Å². The summed E-state index contributed by atoms with van der Waals surface area (Å²) in [7, 11) is 0. The highest BCUT2D eigenvalue weighted by molar-refractivity contribution is 6.32. The van der Waals surface area contributed by atoms with Crippen LogP contribution >= 0.6 is 11.6 Å². The van der Waals surface area contributed by atoms with Crippen molar-refractivity contribution in [2.24, 2.45) is 0 Å². The molecule has 2 heterocycles. The Morgan fingerprint density at radius 1 is 1.32 bits per heavy atom. The van der Waals surface area contributed by atoms with Gasteiger partial charge in [-0.25, -0.2) is 4.79 Å². The lowest BCUT2D eigenvalue weighted by Crippen LogP contribution is -2.31. The summed E-state index contributed by atoms with van der Waals surface area (Å²) in [5.74, 6) is 0.862. The second kappa shape index (κ2) is 6.04. The third kappa shape index (κ3) is 2.70. The zero-order chi connectivity index (χ0) is 15.7. The number of carbonyl (C=O) groups excluding carboxylic acids is 2. The molecule has 6 nitrogen and oxygen atoms in total. The Kier molecular flexibility index (Phi) is 4.11. The molecule has 0 aliphatic carbocycles. The van der Waals surface area contributed by atoms with Gasteiger partial charge in [-0.2, -0.15) is 0 Å². The minimum absolute atomic E-state index is 0.168. The first-order valence-electron chi connectivity index (χ1n) is 7.30. The quantitative estimate of drug-likeness (QED) is 0.863. The molecule has 2 aliphatic heterocycles. The van der Waals surface area contributed by atoms with Gasteiger partial charge in [0.15, 0.2) is 11.5 Å². The van der Waals surface area contributed by atoms with Crippen molar-refractivity contribution >= 4 is 23.5 Å². The fourth-order valence-corrected chi connectivity index (χ4v) is 2.94. The molecule has 3 rings (SSSR count). The third-order valence-electron chi connectivity index (χ3n) is 3.68. The summed E-state index contributed by atoms with van der Waals surface area (Å²) in [5, 5.41) is 3.12. The van der Waals surface area contributed by atoms with E-state index in [1.165, 1.54) is 4.90 Å². The Balaban J connectivity index is 1.80. The first-order valence-corrected chi connectivity index (χ1v) is 7.68. The number of hydrogen-bond donors (Lipinski definition) is 1. The van der Waals surface area contributed by atoms with E-state index >= 15 is 0 Å². The second-order valence-corrected chi connectivity index (χ2v) is 5.72. The molecule has 0 bridgehead atoms. The van der Waals surface area contributed by atoms with Crippen molar-refractivity contribution in [1.82, 2.24) is 10.2 Å². The van der Waals surface area contributed by atoms with Crippen LogP contribution in [0.15, 0.2) is 12.1 Å². The van der Waals surface area contributed by atoms with Crippen molar-refractivity contribution in [3.8, 4) is 11.5 Å². The maximum absolute atomic E-state index is 12.2. The van der Waals surface area contributed by atoms with Crippen molar-refractivity contribution < 1.29 is 19.1 Å². The molecule has 118 valence electrons. The Morgan fingerprint density at radius 2 is 2.09 bits per heavy atom. The number of nitrogens with one attached hydrogen (secondary N) is 1.